The number of ether oxygens (including phenoxy) is 1. The van der Waals surface area contributed by atoms with Crippen LogP contribution in [0.4, 0.5) is 18.0 Å². The van der Waals surface area contributed by atoms with Gasteiger partial charge in [-0.2, -0.15) is 13.2 Å². The molecule has 1 atom stereocenters. The number of aliphatic carboxylic acids is 1. The molecule has 10 heteroatoms. The molecule has 2 heterocycles. The van der Waals surface area contributed by atoms with Gasteiger partial charge >= 0.3 is 18.2 Å². The predicted octanol–water partition coefficient (Wildman–Crippen LogP) is 3.92. The smallest absolute Gasteiger partial charge is 0.407 e. The van der Waals surface area contributed by atoms with Crippen molar-refractivity contribution in [2.24, 2.45) is 5.92 Å². The first kappa shape index (κ1) is 23.2. The van der Waals surface area contributed by atoms with Gasteiger partial charge in [0.05, 0.1) is 6.42 Å². The van der Waals surface area contributed by atoms with E-state index in [-0.39, 0.29) is 37.8 Å². The number of carbonyl (C=O) groups is 3. The molecule has 2 bridgehead atoms. The number of nitrogens with zero attached hydrogens (tertiary/aromatic N) is 1. The van der Waals surface area contributed by atoms with Crippen LogP contribution in [0, 0.1) is 5.92 Å². The van der Waals surface area contributed by atoms with Gasteiger partial charge in [0.1, 0.15) is 18.2 Å². The predicted molar refractivity (Wildman–Crippen MR) is 117 cm³/mol. The average Bonchev–Trinajstić information content (AvgIpc) is 3.44. The Morgan fingerprint density at radius 1 is 1.06 bits per heavy atom. The Bertz CT molecular complexity index is 1150. The minimum Gasteiger partial charge on any atom is -0.479 e. The minimum absolute atomic E-state index is 0.0592. The highest BCUT2D eigenvalue weighted by molar-refractivity contribution is 5.93. The molecule has 184 valence electrons. The van der Waals surface area contributed by atoms with Crippen LogP contribution in [0.5, 0.6) is 0 Å². The van der Waals surface area contributed by atoms with Crippen molar-refractivity contribution < 1.29 is 37.4 Å². The molecule has 2 aliphatic carbocycles. The second-order valence-electron chi connectivity index (χ2n) is 9.40. The van der Waals surface area contributed by atoms with E-state index in [1.165, 1.54) is 0 Å². The van der Waals surface area contributed by atoms with Crippen molar-refractivity contribution in [1.82, 2.24) is 10.2 Å². The molecule has 2 amide bonds. The van der Waals surface area contributed by atoms with Crippen LogP contribution < -0.4 is 5.32 Å². The molecule has 2 aromatic carbocycles. The fraction of sp³-hybridized carbons (Fsp3) is 0.400. The van der Waals surface area contributed by atoms with Gasteiger partial charge in [-0.25, -0.2) is 9.59 Å². The topological polar surface area (TPSA) is 95.9 Å². The standard InChI is InChI=1S/C25H23F3N2O5/c26-25(27,28)11-20(21(31)30-12-14-9-24(30,10-14)22(32)33)29-23(34)35-13-19-17-7-3-1-5-15(17)16-6-2-4-8-18(16)19/h1-8,14,19-20H,9-13H2,(H,29,34)(H,32,33). The molecule has 35 heavy (non-hydrogen) atoms. The SMILES string of the molecule is O=C(NC(CC(F)(F)F)C(=O)N1CC2CC1(C(=O)O)C2)OCC1c2ccccc2-c2ccccc21. The highest BCUT2D eigenvalue weighted by Crippen LogP contribution is 2.51. The lowest BCUT2D eigenvalue weighted by Crippen LogP contribution is -2.59. The third-order valence-corrected chi connectivity index (χ3v) is 7.24. The highest BCUT2D eigenvalue weighted by Gasteiger charge is 2.63. The maximum Gasteiger partial charge on any atom is 0.407 e. The van der Waals surface area contributed by atoms with E-state index in [4.69, 9.17) is 4.74 Å². The quantitative estimate of drug-likeness (QED) is 0.643. The van der Waals surface area contributed by atoms with Crippen molar-refractivity contribution >= 4 is 18.0 Å². The number of hydrogen-bond donors (Lipinski definition) is 2. The molecule has 1 saturated carbocycles. The number of hydrogen-bond acceptors (Lipinski definition) is 4. The molecule has 2 N–H and O–H groups in total. The van der Waals surface area contributed by atoms with E-state index in [0.29, 0.717) is 0 Å². The molecule has 2 aliphatic heterocycles. The van der Waals surface area contributed by atoms with Gasteiger partial charge in [0, 0.05) is 12.5 Å². The number of rotatable bonds is 6. The molecule has 0 aromatic heterocycles. The summed E-state index contributed by atoms with van der Waals surface area (Å²) in [7, 11) is 0. The Labute approximate surface area is 198 Å². The molecule has 0 spiro atoms. The Morgan fingerprint density at radius 2 is 1.63 bits per heavy atom. The fourth-order valence-electron chi connectivity index (χ4n) is 5.67. The highest BCUT2D eigenvalue weighted by atomic mass is 19.4. The first-order chi connectivity index (χ1) is 16.6. The minimum atomic E-state index is -4.75. The number of nitrogens with one attached hydrogen (secondary N) is 1. The largest absolute Gasteiger partial charge is 0.479 e. The van der Waals surface area contributed by atoms with Crippen LogP contribution in [-0.4, -0.2) is 58.9 Å². The Hall–Kier alpha value is -3.56. The Balaban J connectivity index is 1.30. The van der Waals surface area contributed by atoms with Crippen LogP contribution in [0.15, 0.2) is 48.5 Å². The zero-order chi connectivity index (χ0) is 25.0. The van der Waals surface area contributed by atoms with Gasteiger partial charge in [-0.05, 0) is 41.0 Å². The first-order valence-electron chi connectivity index (χ1n) is 11.3. The molecule has 4 aliphatic rings. The van der Waals surface area contributed by atoms with E-state index in [1.54, 1.807) is 0 Å². The zero-order valence-electron chi connectivity index (χ0n) is 18.5. The van der Waals surface area contributed by atoms with E-state index in [2.05, 4.69) is 5.32 Å². The van der Waals surface area contributed by atoms with Crippen LogP contribution in [0.2, 0.25) is 0 Å². The van der Waals surface area contributed by atoms with E-state index in [1.807, 2.05) is 48.5 Å². The zero-order valence-corrected chi connectivity index (χ0v) is 18.5. The monoisotopic (exact) mass is 488 g/mol. The van der Waals surface area contributed by atoms with Crippen LogP contribution in [0.1, 0.15) is 36.3 Å². The lowest BCUT2D eigenvalue weighted by Gasteiger charge is -2.39. The maximum absolute atomic E-state index is 13.2. The van der Waals surface area contributed by atoms with Crippen molar-refractivity contribution in [3.63, 3.8) is 0 Å². The summed E-state index contributed by atoms with van der Waals surface area (Å²) in [5.74, 6) is -2.66. The van der Waals surface area contributed by atoms with Gasteiger partial charge in [-0.15, -0.1) is 0 Å². The third-order valence-electron chi connectivity index (χ3n) is 7.24. The van der Waals surface area contributed by atoms with Crippen molar-refractivity contribution in [3.05, 3.63) is 59.7 Å². The number of carbonyl (C=O) groups excluding carboxylic acids is 2. The summed E-state index contributed by atoms with van der Waals surface area (Å²) in [6.45, 7) is -0.0660. The van der Waals surface area contributed by atoms with E-state index in [9.17, 15) is 32.7 Å². The number of amides is 2. The van der Waals surface area contributed by atoms with Crippen molar-refractivity contribution in [2.45, 2.75) is 42.9 Å². The molecular weight excluding hydrogens is 465 g/mol. The number of halogens is 3. The molecule has 1 unspecified atom stereocenters. The normalized spacial score (nSPS) is 23.2. The van der Waals surface area contributed by atoms with Crippen molar-refractivity contribution in [2.75, 3.05) is 13.2 Å². The molecular formula is C25H23F3N2O5. The number of alkyl carbamates (subject to hydrolysis) is 1. The van der Waals surface area contributed by atoms with Crippen LogP contribution in [0.3, 0.4) is 0 Å². The Morgan fingerprint density at radius 3 is 2.17 bits per heavy atom. The molecule has 0 radical (unpaired) electrons. The van der Waals surface area contributed by atoms with Crippen molar-refractivity contribution in [3.8, 4) is 11.1 Å². The average molecular weight is 488 g/mol. The van der Waals surface area contributed by atoms with Crippen molar-refractivity contribution in [1.29, 1.82) is 0 Å². The first-order valence-corrected chi connectivity index (χ1v) is 11.3. The summed E-state index contributed by atoms with van der Waals surface area (Å²) in [5.41, 5.74) is 2.37. The number of alkyl halides is 3. The molecule has 2 aromatic rings. The molecule has 7 nitrogen and oxygen atoms in total. The fourth-order valence-corrected chi connectivity index (χ4v) is 5.67. The summed E-state index contributed by atoms with van der Waals surface area (Å²) >= 11 is 0. The lowest BCUT2D eigenvalue weighted by atomic mass is 9.73. The molecule has 3 fully saturated rings. The van der Waals surface area contributed by atoms with Gasteiger partial charge in [0.25, 0.3) is 0 Å². The van der Waals surface area contributed by atoms with Gasteiger partial charge in [0.15, 0.2) is 0 Å². The summed E-state index contributed by atoms with van der Waals surface area (Å²) < 4.78 is 45.0. The second-order valence-corrected chi connectivity index (χ2v) is 9.40. The van der Waals surface area contributed by atoms with Gasteiger partial charge in [-0.1, -0.05) is 48.5 Å². The van der Waals surface area contributed by atoms with E-state index >= 15 is 0 Å². The van der Waals surface area contributed by atoms with Gasteiger partial charge in [0.2, 0.25) is 5.91 Å². The summed E-state index contributed by atoms with van der Waals surface area (Å²) in [4.78, 5) is 38.2. The third kappa shape index (κ3) is 4.00. The number of benzene rings is 2. The summed E-state index contributed by atoms with van der Waals surface area (Å²) in [5, 5.41) is 11.6. The summed E-state index contributed by atoms with van der Waals surface area (Å²) in [6.07, 6.45) is -7.12. The van der Waals surface area contributed by atoms with Gasteiger partial charge in [-0.3, -0.25) is 4.79 Å². The molecule has 6 rings (SSSR count). The van der Waals surface area contributed by atoms with Gasteiger partial charge < -0.3 is 20.1 Å². The number of carboxylic acids is 1. The number of fused-ring (bicyclic) bond motifs is 4. The van der Waals surface area contributed by atoms with Crippen LogP contribution >= 0.6 is 0 Å². The van der Waals surface area contributed by atoms with E-state index in [0.717, 1.165) is 27.2 Å². The second kappa shape index (κ2) is 8.28. The molecule has 2 saturated heterocycles. The Kier molecular flexibility index (Phi) is 5.49. The summed E-state index contributed by atoms with van der Waals surface area (Å²) in [6, 6.07) is 13.2. The van der Waals surface area contributed by atoms with Crippen LogP contribution in [0.25, 0.3) is 11.1 Å². The maximum atomic E-state index is 13.2. The van der Waals surface area contributed by atoms with E-state index < -0.39 is 42.1 Å². The lowest BCUT2D eigenvalue weighted by molar-refractivity contribution is -0.164. The van der Waals surface area contributed by atoms with Crippen LogP contribution in [-0.2, 0) is 14.3 Å². The number of carboxylic acid groups (broad SMARTS) is 1.